The number of hydrogen-bond acceptors (Lipinski definition) is 2. The van der Waals surface area contributed by atoms with E-state index in [1.807, 2.05) is 0 Å². The first-order valence-corrected chi connectivity index (χ1v) is 4.28. The second kappa shape index (κ2) is 4.68. The van der Waals surface area contributed by atoms with Gasteiger partial charge in [-0.2, -0.15) is 0 Å². The van der Waals surface area contributed by atoms with E-state index < -0.39 is 0 Å². The summed E-state index contributed by atoms with van der Waals surface area (Å²) in [4.78, 5) is 14.9. The van der Waals surface area contributed by atoms with E-state index in [0.717, 1.165) is 6.42 Å². The van der Waals surface area contributed by atoms with Gasteiger partial charge in [-0.25, -0.2) is 4.98 Å². The van der Waals surface area contributed by atoms with Crippen molar-refractivity contribution < 1.29 is 0 Å². The van der Waals surface area contributed by atoms with Crippen LogP contribution in [0.4, 0.5) is 0 Å². The predicted molar refractivity (Wildman–Crippen MR) is 51.6 cm³/mol. The molecule has 0 aromatic carbocycles. The van der Waals surface area contributed by atoms with E-state index in [9.17, 15) is 4.79 Å². The Morgan fingerprint density at radius 2 is 2.46 bits per heavy atom. The zero-order valence-electron chi connectivity index (χ0n) is 7.03. The van der Waals surface area contributed by atoms with Crippen molar-refractivity contribution in [2.75, 3.05) is 0 Å². The standard InChI is InChI=1S/C9H9ClN2O/c1-2-3-4-6-12-7-5-11-8(10)9(12)13/h1,5,7H,3-4,6H2. The van der Waals surface area contributed by atoms with Crippen LogP contribution in [0.25, 0.3) is 0 Å². The minimum Gasteiger partial charge on any atom is -0.311 e. The third-order valence-corrected chi connectivity index (χ3v) is 1.85. The minimum atomic E-state index is -0.263. The molecule has 0 fully saturated rings. The molecule has 4 heteroatoms. The summed E-state index contributed by atoms with van der Waals surface area (Å²) in [6.45, 7) is 0.589. The number of terminal acetylenes is 1. The van der Waals surface area contributed by atoms with E-state index >= 15 is 0 Å². The fourth-order valence-electron chi connectivity index (χ4n) is 0.948. The van der Waals surface area contributed by atoms with Gasteiger partial charge in [-0.05, 0) is 6.42 Å². The van der Waals surface area contributed by atoms with Crippen molar-refractivity contribution in [3.63, 3.8) is 0 Å². The lowest BCUT2D eigenvalue weighted by Crippen LogP contribution is -2.20. The summed E-state index contributed by atoms with van der Waals surface area (Å²) in [7, 11) is 0. The Kier molecular flexibility index (Phi) is 3.53. The van der Waals surface area contributed by atoms with Crippen LogP contribution in [0, 0.1) is 12.3 Å². The number of halogens is 1. The zero-order chi connectivity index (χ0) is 9.68. The number of aryl methyl sites for hydroxylation is 1. The first-order chi connectivity index (χ1) is 6.25. The van der Waals surface area contributed by atoms with Gasteiger partial charge >= 0.3 is 0 Å². The van der Waals surface area contributed by atoms with Gasteiger partial charge in [0.1, 0.15) is 0 Å². The number of aromatic nitrogens is 2. The molecule has 1 heterocycles. The third kappa shape index (κ3) is 2.60. The summed E-state index contributed by atoms with van der Waals surface area (Å²) in [6.07, 6.45) is 9.62. The quantitative estimate of drug-likeness (QED) is 0.540. The van der Waals surface area contributed by atoms with Crippen molar-refractivity contribution in [1.29, 1.82) is 0 Å². The number of hydrogen-bond donors (Lipinski definition) is 0. The summed E-state index contributed by atoms with van der Waals surface area (Å²) in [6, 6.07) is 0. The van der Waals surface area contributed by atoms with E-state index in [1.165, 1.54) is 10.8 Å². The van der Waals surface area contributed by atoms with Crippen LogP contribution >= 0.6 is 11.6 Å². The second-order valence-corrected chi connectivity index (χ2v) is 2.88. The molecular formula is C9H9ClN2O. The van der Waals surface area contributed by atoms with Crippen LogP contribution in [-0.2, 0) is 6.54 Å². The van der Waals surface area contributed by atoms with Crippen molar-refractivity contribution in [1.82, 2.24) is 9.55 Å². The molecule has 1 rings (SSSR count). The molecule has 0 N–H and O–H groups in total. The molecule has 0 amide bonds. The lowest BCUT2D eigenvalue weighted by molar-refractivity contribution is 0.629. The Labute approximate surface area is 81.4 Å². The Bertz CT molecular complexity index is 378. The fraction of sp³-hybridized carbons (Fsp3) is 0.333. The maximum Gasteiger partial charge on any atom is 0.288 e. The first kappa shape index (κ1) is 9.82. The molecule has 3 nitrogen and oxygen atoms in total. The fourth-order valence-corrected chi connectivity index (χ4v) is 1.11. The Balaban J connectivity index is 2.73. The highest BCUT2D eigenvalue weighted by molar-refractivity contribution is 6.29. The van der Waals surface area contributed by atoms with Crippen LogP contribution in [0.1, 0.15) is 12.8 Å². The van der Waals surface area contributed by atoms with E-state index in [2.05, 4.69) is 10.9 Å². The van der Waals surface area contributed by atoms with Gasteiger partial charge in [-0.15, -0.1) is 12.3 Å². The topological polar surface area (TPSA) is 34.9 Å². The molecule has 13 heavy (non-hydrogen) atoms. The summed E-state index contributed by atoms with van der Waals surface area (Å²) >= 11 is 5.54. The molecule has 0 aliphatic rings. The average molecular weight is 197 g/mol. The van der Waals surface area contributed by atoms with Crippen LogP contribution in [-0.4, -0.2) is 9.55 Å². The van der Waals surface area contributed by atoms with Crippen LogP contribution in [0.2, 0.25) is 5.15 Å². The highest BCUT2D eigenvalue weighted by Crippen LogP contribution is 1.96. The average Bonchev–Trinajstić information content (AvgIpc) is 2.13. The summed E-state index contributed by atoms with van der Waals surface area (Å²) < 4.78 is 1.51. The van der Waals surface area contributed by atoms with Crippen molar-refractivity contribution in [2.45, 2.75) is 19.4 Å². The third-order valence-electron chi connectivity index (χ3n) is 1.59. The monoisotopic (exact) mass is 196 g/mol. The molecular weight excluding hydrogens is 188 g/mol. The van der Waals surface area contributed by atoms with Crippen molar-refractivity contribution in [2.24, 2.45) is 0 Å². The summed E-state index contributed by atoms with van der Waals surface area (Å²) in [5.74, 6) is 2.51. The molecule has 0 radical (unpaired) electrons. The Morgan fingerprint density at radius 3 is 3.15 bits per heavy atom. The molecule has 0 bridgehead atoms. The lowest BCUT2D eigenvalue weighted by atomic mass is 10.3. The molecule has 1 aromatic heterocycles. The number of rotatable bonds is 3. The van der Waals surface area contributed by atoms with Crippen LogP contribution in [0.5, 0.6) is 0 Å². The molecule has 0 aliphatic heterocycles. The molecule has 0 unspecified atom stereocenters. The maximum absolute atomic E-state index is 11.3. The Morgan fingerprint density at radius 1 is 1.69 bits per heavy atom. The van der Waals surface area contributed by atoms with Gasteiger partial charge in [0.2, 0.25) is 0 Å². The lowest BCUT2D eigenvalue weighted by Gasteiger charge is -2.02. The highest BCUT2D eigenvalue weighted by Gasteiger charge is 1.99. The first-order valence-electron chi connectivity index (χ1n) is 3.90. The van der Waals surface area contributed by atoms with E-state index in [-0.39, 0.29) is 10.7 Å². The number of nitrogens with zero attached hydrogens (tertiary/aromatic N) is 2. The highest BCUT2D eigenvalue weighted by atomic mass is 35.5. The minimum absolute atomic E-state index is 0.00297. The van der Waals surface area contributed by atoms with Crippen molar-refractivity contribution >= 4 is 11.6 Å². The van der Waals surface area contributed by atoms with E-state index in [4.69, 9.17) is 18.0 Å². The van der Waals surface area contributed by atoms with Gasteiger partial charge in [0, 0.05) is 25.4 Å². The summed E-state index contributed by atoms with van der Waals surface area (Å²) in [5.41, 5.74) is -0.263. The molecule has 0 atom stereocenters. The summed E-state index contributed by atoms with van der Waals surface area (Å²) in [5, 5.41) is 0.00297. The van der Waals surface area contributed by atoms with E-state index in [0.29, 0.717) is 13.0 Å². The van der Waals surface area contributed by atoms with Crippen LogP contribution < -0.4 is 5.56 Å². The van der Waals surface area contributed by atoms with Crippen molar-refractivity contribution in [3.05, 3.63) is 27.9 Å². The normalized spacial score (nSPS) is 9.54. The molecule has 1 aromatic rings. The maximum atomic E-state index is 11.3. The van der Waals surface area contributed by atoms with Gasteiger partial charge in [-0.1, -0.05) is 11.6 Å². The van der Waals surface area contributed by atoms with Gasteiger partial charge < -0.3 is 4.57 Å². The van der Waals surface area contributed by atoms with Crippen molar-refractivity contribution in [3.8, 4) is 12.3 Å². The molecule has 0 aliphatic carbocycles. The predicted octanol–water partition coefficient (Wildman–Crippen LogP) is 1.31. The molecule has 0 saturated heterocycles. The molecule has 0 saturated carbocycles. The largest absolute Gasteiger partial charge is 0.311 e. The van der Waals surface area contributed by atoms with Gasteiger partial charge in [0.15, 0.2) is 5.15 Å². The van der Waals surface area contributed by atoms with Gasteiger partial charge in [-0.3, -0.25) is 4.79 Å². The molecule has 0 spiro atoms. The molecule has 68 valence electrons. The SMILES string of the molecule is C#CCCCn1ccnc(Cl)c1=O. The number of unbranched alkanes of at least 4 members (excludes halogenated alkanes) is 1. The Hall–Kier alpha value is -1.27. The van der Waals surface area contributed by atoms with Crippen LogP contribution in [0.3, 0.4) is 0 Å². The van der Waals surface area contributed by atoms with Gasteiger partial charge in [0.05, 0.1) is 0 Å². The van der Waals surface area contributed by atoms with Crippen LogP contribution in [0.15, 0.2) is 17.2 Å². The van der Waals surface area contributed by atoms with E-state index in [1.54, 1.807) is 6.20 Å². The zero-order valence-corrected chi connectivity index (χ0v) is 7.79. The second-order valence-electron chi connectivity index (χ2n) is 2.52. The smallest absolute Gasteiger partial charge is 0.288 e. The van der Waals surface area contributed by atoms with Gasteiger partial charge in [0.25, 0.3) is 5.56 Å².